The second kappa shape index (κ2) is 5.95. The Morgan fingerprint density at radius 2 is 2.17 bits per heavy atom. The molecule has 0 spiro atoms. The number of nitrogens with zero attached hydrogens (tertiary/aromatic N) is 3. The van der Waals surface area contributed by atoms with Crippen molar-refractivity contribution in [3.05, 3.63) is 17.6 Å². The third kappa shape index (κ3) is 3.41. The van der Waals surface area contributed by atoms with Crippen molar-refractivity contribution in [3.63, 3.8) is 0 Å². The van der Waals surface area contributed by atoms with Crippen LogP contribution in [0.3, 0.4) is 0 Å². The quantitative estimate of drug-likeness (QED) is 0.769. The SMILES string of the molecule is CCNC(=O)CN(C)c1nc(C)ncc1C(=O)O. The van der Waals surface area contributed by atoms with Crippen LogP contribution >= 0.6 is 0 Å². The van der Waals surface area contributed by atoms with Crippen molar-refractivity contribution < 1.29 is 14.7 Å². The lowest BCUT2D eigenvalue weighted by molar-refractivity contribution is -0.119. The van der Waals surface area contributed by atoms with E-state index in [0.717, 1.165) is 0 Å². The zero-order valence-corrected chi connectivity index (χ0v) is 10.6. The van der Waals surface area contributed by atoms with Gasteiger partial charge in [-0.2, -0.15) is 0 Å². The average Bonchev–Trinajstić information content (AvgIpc) is 2.28. The number of likely N-dealkylation sites (N-methyl/N-ethyl adjacent to an activating group) is 2. The van der Waals surface area contributed by atoms with Gasteiger partial charge in [-0.15, -0.1) is 0 Å². The number of hydrogen-bond acceptors (Lipinski definition) is 5. The van der Waals surface area contributed by atoms with E-state index in [1.54, 1.807) is 14.0 Å². The van der Waals surface area contributed by atoms with Gasteiger partial charge in [0.15, 0.2) is 0 Å². The van der Waals surface area contributed by atoms with Crippen LogP contribution in [0.2, 0.25) is 0 Å². The van der Waals surface area contributed by atoms with Crippen molar-refractivity contribution in [1.82, 2.24) is 15.3 Å². The van der Waals surface area contributed by atoms with Crippen molar-refractivity contribution in [2.24, 2.45) is 0 Å². The van der Waals surface area contributed by atoms with Crippen molar-refractivity contribution in [2.75, 3.05) is 25.0 Å². The molecular formula is C11H16N4O3. The minimum atomic E-state index is -1.12. The summed E-state index contributed by atoms with van der Waals surface area (Å²) in [5.74, 6) is -0.612. The Morgan fingerprint density at radius 1 is 1.50 bits per heavy atom. The lowest BCUT2D eigenvalue weighted by Gasteiger charge is -2.19. The summed E-state index contributed by atoms with van der Waals surface area (Å²) >= 11 is 0. The van der Waals surface area contributed by atoms with Crippen LogP contribution in [0.5, 0.6) is 0 Å². The fourth-order valence-electron chi connectivity index (χ4n) is 1.44. The van der Waals surface area contributed by atoms with E-state index in [1.165, 1.54) is 11.1 Å². The first-order valence-corrected chi connectivity index (χ1v) is 5.50. The number of aryl methyl sites for hydroxylation is 1. The Labute approximate surface area is 105 Å². The van der Waals surface area contributed by atoms with Crippen LogP contribution in [0.1, 0.15) is 23.1 Å². The van der Waals surface area contributed by atoms with Crippen LogP contribution in [-0.2, 0) is 4.79 Å². The van der Waals surface area contributed by atoms with Crippen LogP contribution < -0.4 is 10.2 Å². The third-order valence-corrected chi connectivity index (χ3v) is 2.24. The Hall–Kier alpha value is -2.18. The van der Waals surface area contributed by atoms with E-state index >= 15 is 0 Å². The van der Waals surface area contributed by atoms with Gasteiger partial charge in [0.2, 0.25) is 5.91 Å². The van der Waals surface area contributed by atoms with E-state index < -0.39 is 5.97 Å². The van der Waals surface area contributed by atoms with E-state index in [9.17, 15) is 9.59 Å². The number of nitrogens with one attached hydrogen (secondary N) is 1. The van der Waals surface area contributed by atoms with Crippen LogP contribution in [0, 0.1) is 6.92 Å². The number of hydrogen-bond donors (Lipinski definition) is 2. The summed E-state index contributed by atoms with van der Waals surface area (Å²) < 4.78 is 0. The monoisotopic (exact) mass is 252 g/mol. The van der Waals surface area contributed by atoms with Crippen LogP contribution in [0.4, 0.5) is 5.82 Å². The third-order valence-electron chi connectivity index (χ3n) is 2.24. The number of aromatic carboxylic acids is 1. The molecular weight excluding hydrogens is 236 g/mol. The summed E-state index contributed by atoms with van der Waals surface area (Å²) in [4.78, 5) is 31.9. The number of carbonyl (C=O) groups excluding carboxylic acids is 1. The molecule has 0 saturated carbocycles. The highest BCUT2D eigenvalue weighted by atomic mass is 16.4. The first-order chi connectivity index (χ1) is 8.45. The predicted molar refractivity (Wildman–Crippen MR) is 65.7 cm³/mol. The standard InChI is InChI=1S/C11H16N4O3/c1-4-12-9(16)6-15(3)10-8(11(17)18)5-13-7(2)14-10/h5H,4,6H2,1-3H3,(H,12,16)(H,17,18). The first-order valence-electron chi connectivity index (χ1n) is 5.50. The number of carbonyl (C=O) groups is 2. The van der Waals surface area contributed by atoms with Gasteiger partial charge in [-0.1, -0.05) is 0 Å². The van der Waals surface area contributed by atoms with Crippen molar-refractivity contribution in [2.45, 2.75) is 13.8 Å². The molecule has 0 saturated heterocycles. The molecule has 2 N–H and O–H groups in total. The molecule has 0 unspecified atom stereocenters. The number of aromatic nitrogens is 2. The maximum Gasteiger partial charge on any atom is 0.341 e. The smallest absolute Gasteiger partial charge is 0.341 e. The maximum absolute atomic E-state index is 11.4. The number of amides is 1. The molecule has 0 aromatic carbocycles. The molecule has 0 bridgehead atoms. The van der Waals surface area contributed by atoms with Gasteiger partial charge in [-0.05, 0) is 13.8 Å². The van der Waals surface area contributed by atoms with Crippen LogP contribution in [-0.4, -0.2) is 47.1 Å². The maximum atomic E-state index is 11.4. The Bertz CT molecular complexity index is 462. The van der Waals surface area contributed by atoms with E-state index in [-0.39, 0.29) is 23.8 Å². The second-order valence-electron chi connectivity index (χ2n) is 3.77. The molecule has 0 atom stereocenters. The van der Waals surface area contributed by atoms with E-state index in [0.29, 0.717) is 12.4 Å². The van der Waals surface area contributed by atoms with E-state index in [2.05, 4.69) is 15.3 Å². The van der Waals surface area contributed by atoms with Gasteiger partial charge in [0.25, 0.3) is 0 Å². The summed E-state index contributed by atoms with van der Waals surface area (Å²) in [6.45, 7) is 4.05. The number of rotatable bonds is 5. The summed E-state index contributed by atoms with van der Waals surface area (Å²) in [6, 6.07) is 0. The highest BCUT2D eigenvalue weighted by Gasteiger charge is 2.17. The summed E-state index contributed by atoms with van der Waals surface area (Å²) in [5, 5.41) is 11.7. The molecule has 0 aliphatic carbocycles. The molecule has 0 fully saturated rings. The summed E-state index contributed by atoms with van der Waals surface area (Å²) in [6.07, 6.45) is 1.24. The van der Waals surface area contributed by atoms with Gasteiger partial charge in [0.05, 0.1) is 6.54 Å². The van der Waals surface area contributed by atoms with Gasteiger partial charge in [0.1, 0.15) is 17.2 Å². The lowest BCUT2D eigenvalue weighted by atomic mass is 10.3. The minimum Gasteiger partial charge on any atom is -0.477 e. The fraction of sp³-hybridized carbons (Fsp3) is 0.455. The van der Waals surface area contributed by atoms with Crippen molar-refractivity contribution in [3.8, 4) is 0 Å². The second-order valence-corrected chi connectivity index (χ2v) is 3.77. The molecule has 1 heterocycles. The molecule has 7 heteroatoms. The molecule has 98 valence electrons. The molecule has 1 aromatic rings. The topological polar surface area (TPSA) is 95.4 Å². The molecule has 0 aliphatic heterocycles. The number of carboxylic acid groups (broad SMARTS) is 1. The fourth-order valence-corrected chi connectivity index (χ4v) is 1.44. The highest BCUT2D eigenvalue weighted by molar-refractivity contribution is 5.93. The molecule has 0 radical (unpaired) electrons. The molecule has 1 amide bonds. The summed E-state index contributed by atoms with van der Waals surface area (Å²) in [5.41, 5.74) is -0.0209. The van der Waals surface area contributed by atoms with Gasteiger partial charge in [0, 0.05) is 19.8 Å². The van der Waals surface area contributed by atoms with Gasteiger partial charge in [-0.25, -0.2) is 14.8 Å². The Balaban J connectivity index is 2.96. The van der Waals surface area contributed by atoms with Crippen molar-refractivity contribution >= 4 is 17.7 Å². The minimum absolute atomic E-state index is 0.0209. The summed E-state index contributed by atoms with van der Waals surface area (Å²) in [7, 11) is 1.61. The Morgan fingerprint density at radius 3 is 2.72 bits per heavy atom. The zero-order valence-electron chi connectivity index (χ0n) is 10.6. The van der Waals surface area contributed by atoms with E-state index in [4.69, 9.17) is 5.11 Å². The van der Waals surface area contributed by atoms with Crippen LogP contribution in [0.15, 0.2) is 6.20 Å². The van der Waals surface area contributed by atoms with Crippen molar-refractivity contribution in [1.29, 1.82) is 0 Å². The Kier molecular flexibility index (Phi) is 4.59. The first kappa shape index (κ1) is 13.9. The predicted octanol–water partition coefficient (Wildman–Crippen LogP) is 0.0555. The largest absolute Gasteiger partial charge is 0.477 e. The van der Waals surface area contributed by atoms with E-state index in [1.807, 2.05) is 6.92 Å². The van der Waals surface area contributed by atoms with Crippen LogP contribution in [0.25, 0.3) is 0 Å². The highest BCUT2D eigenvalue weighted by Crippen LogP contribution is 2.15. The average molecular weight is 252 g/mol. The van der Waals surface area contributed by atoms with Gasteiger partial charge >= 0.3 is 5.97 Å². The number of carboxylic acids is 1. The zero-order chi connectivity index (χ0) is 13.7. The molecule has 1 aromatic heterocycles. The lowest BCUT2D eigenvalue weighted by Crippen LogP contribution is -2.36. The molecule has 7 nitrogen and oxygen atoms in total. The van der Waals surface area contributed by atoms with Gasteiger partial charge < -0.3 is 15.3 Å². The molecule has 0 aliphatic rings. The normalized spacial score (nSPS) is 9.94. The van der Waals surface area contributed by atoms with Gasteiger partial charge in [-0.3, -0.25) is 4.79 Å². The molecule has 18 heavy (non-hydrogen) atoms. The molecule has 1 rings (SSSR count). The number of anilines is 1.